The number of ketones is 1. The van der Waals surface area contributed by atoms with Gasteiger partial charge in [-0.25, -0.2) is 4.79 Å². The molecule has 176 valence electrons. The second-order valence-electron chi connectivity index (χ2n) is 7.68. The summed E-state index contributed by atoms with van der Waals surface area (Å²) in [6.07, 6.45) is 3.04. The van der Waals surface area contributed by atoms with E-state index in [4.69, 9.17) is 32.4 Å². The number of carbonyl (C=O) groups excluding carboxylic acids is 2. The van der Waals surface area contributed by atoms with E-state index in [-0.39, 0.29) is 18.3 Å². The molecule has 0 saturated heterocycles. The van der Waals surface area contributed by atoms with Crippen LogP contribution in [0.25, 0.3) is 17.0 Å². The summed E-state index contributed by atoms with van der Waals surface area (Å²) in [5.74, 6) is -0.197. The number of fused-ring (bicyclic) bond motifs is 1. The van der Waals surface area contributed by atoms with Crippen LogP contribution in [0.4, 0.5) is 5.69 Å². The quantitative estimate of drug-likeness (QED) is 0.179. The lowest BCUT2D eigenvalue weighted by molar-refractivity contribution is -0.118. The molecule has 0 aliphatic carbocycles. The van der Waals surface area contributed by atoms with Crippen molar-refractivity contribution in [2.45, 2.75) is 6.92 Å². The van der Waals surface area contributed by atoms with Gasteiger partial charge in [0.15, 0.2) is 12.4 Å². The number of benzene rings is 3. The van der Waals surface area contributed by atoms with Crippen LogP contribution in [0.1, 0.15) is 21.5 Å². The summed E-state index contributed by atoms with van der Waals surface area (Å²) in [6.45, 7) is 1.57. The summed E-state index contributed by atoms with van der Waals surface area (Å²) in [7, 11) is 0. The molecule has 1 aromatic heterocycles. The zero-order chi connectivity index (χ0) is 24.9. The Bertz CT molecular complexity index is 1510. The van der Waals surface area contributed by atoms with E-state index >= 15 is 0 Å². The molecule has 0 aliphatic heterocycles. The van der Waals surface area contributed by atoms with Gasteiger partial charge in [-0.1, -0.05) is 29.3 Å². The monoisotopic (exact) mass is 507 g/mol. The van der Waals surface area contributed by atoms with Crippen LogP contribution in [0.2, 0.25) is 10.0 Å². The first kappa shape index (κ1) is 24.3. The summed E-state index contributed by atoms with van der Waals surface area (Å²) in [5, 5.41) is 4.47. The Balaban J connectivity index is 1.34. The molecule has 0 fully saturated rings. The largest absolute Gasteiger partial charge is 0.484 e. The summed E-state index contributed by atoms with van der Waals surface area (Å²) in [5.41, 5.74) is 2.38. The van der Waals surface area contributed by atoms with Crippen molar-refractivity contribution < 1.29 is 18.7 Å². The number of hydrogen-bond donors (Lipinski definition) is 1. The third kappa shape index (κ3) is 6.18. The fraction of sp³-hybridized carbons (Fsp3) is 0.0741. The molecule has 8 heteroatoms. The summed E-state index contributed by atoms with van der Waals surface area (Å²) in [4.78, 5) is 36.3. The van der Waals surface area contributed by atoms with Gasteiger partial charge in [-0.2, -0.15) is 0 Å². The first-order valence-electron chi connectivity index (χ1n) is 10.5. The van der Waals surface area contributed by atoms with E-state index in [0.29, 0.717) is 38.2 Å². The molecule has 4 aromatic rings. The number of anilines is 1. The first-order valence-corrected chi connectivity index (χ1v) is 11.3. The van der Waals surface area contributed by atoms with Crippen molar-refractivity contribution >= 4 is 57.6 Å². The van der Waals surface area contributed by atoms with Gasteiger partial charge in [0, 0.05) is 38.8 Å². The molecule has 3 aromatic carbocycles. The Labute approximate surface area is 210 Å². The van der Waals surface area contributed by atoms with Crippen molar-refractivity contribution in [1.29, 1.82) is 0 Å². The van der Waals surface area contributed by atoms with E-state index in [9.17, 15) is 14.4 Å². The lowest BCUT2D eigenvalue weighted by Gasteiger charge is -2.09. The smallest absolute Gasteiger partial charge is 0.336 e. The molecule has 6 nitrogen and oxygen atoms in total. The van der Waals surface area contributed by atoms with E-state index in [1.165, 1.54) is 12.1 Å². The number of amides is 1. The van der Waals surface area contributed by atoms with Crippen LogP contribution in [0.3, 0.4) is 0 Å². The number of allylic oxidation sites excluding steroid dienone is 1. The first-order chi connectivity index (χ1) is 16.8. The molecule has 0 aliphatic rings. The fourth-order valence-corrected chi connectivity index (χ4v) is 3.83. The maximum absolute atomic E-state index is 12.4. The molecule has 0 saturated carbocycles. The van der Waals surface area contributed by atoms with Crippen LogP contribution in [-0.4, -0.2) is 18.3 Å². The molecule has 0 unspecified atom stereocenters. The van der Waals surface area contributed by atoms with Gasteiger partial charge in [0.05, 0.1) is 0 Å². The van der Waals surface area contributed by atoms with Gasteiger partial charge in [-0.15, -0.1) is 0 Å². The number of rotatable bonds is 7. The zero-order valence-electron chi connectivity index (χ0n) is 18.5. The minimum absolute atomic E-state index is 0.213. The highest BCUT2D eigenvalue weighted by Crippen LogP contribution is 2.23. The van der Waals surface area contributed by atoms with Gasteiger partial charge in [0.25, 0.3) is 5.91 Å². The van der Waals surface area contributed by atoms with Crippen LogP contribution in [0.5, 0.6) is 5.75 Å². The predicted molar refractivity (Wildman–Crippen MR) is 138 cm³/mol. The number of halogens is 2. The van der Waals surface area contributed by atoms with Crippen molar-refractivity contribution in [3.63, 3.8) is 0 Å². The Kier molecular flexibility index (Phi) is 7.34. The average Bonchev–Trinajstić information content (AvgIpc) is 2.82. The number of carbonyl (C=O) groups is 2. The van der Waals surface area contributed by atoms with E-state index in [1.807, 2.05) is 6.92 Å². The molecule has 0 spiro atoms. The molecule has 0 atom stereocenters. The fourth-order valence-electron chi connectivity index (χ4n) is 3.36. The molecule has 1 heterocycles. The topological polar surface area (TPSA) is 85.6 Å². The second kappa shape index (κ2) is 10.6. The number of nitrogens with one attached hydrogen (secondary N) is 1. The van der Waals surface area contributed by atoms with E-state index < -0.39 is 5.63 Å². The molecule has 1 amide bonds. The Morgan fingerprint density at radius 3 is 2.51 bits per heavy atom. The van der Waals surface area contributed by atoms with Crippen molar-refractivity contribution in [2.75, 3.05) is 11.9 Å². The SMILES string of the molecule is Cc1cc(=O)oc2cc(OCC(=O)Nc3ccc(C(=O)/C=C/c4ccc(Cl)cc4Cl)cc3)ccc12. The minimum atomic E-state index is -0.448. The summed E-state index contributed by atoms with van der Waals surface area (Å²) >= 11 is 12.0. The molecule has 0 bridgehead atoms. The van der Waals surface area contributed by atoms with Gasteiger partial charge in [-0.3, -0.25) is 9.59 Å². The zero-order valence-corrected chi connectivity index (χ0v) is 20.0. The summed E-state index contributed by atoms with van der Waals surface area (Å²) < 4.78 is 10.7. The van der Waals surface area contributed by atoms with Crippen molar-refractivity contribution in [3.05, 3.63) is 110 Å². The maximum atomic E-state index is 12.4. The normalized spacial score (nSPS) is 11.1. The Morgan fingerprint density at radius 2 is 1.77 bits per heavy atom. The van der Waals surface area contributed by atoms with Crippen LogP contribution in [0.15, 0.2) is 82.0 Å². The third-order valence-electron chi connectivity index (χ3n) is 5.12. The van der Waals surface area contributed by atoms with E-state index in [1.54, 1.807) is 66.7 Å². The Hall–Kier alpha value is -3.87. The summed E-state index contributed by atoms with van der Waals surface area (Å²) in [6, 6.07) is 18.0. The van der Waals surface area contributed by atoms with Crippen LogP contribution in [0, 0.1) is 6.92 Å². The third-order valence-corrected chi connectivity index (χ3v) is 5.69. The standard InChI is InChI=1S/C27H19Cl2NO5/c1-16-12-27(33)35-25-14-21(9-10-22(16)25)34-15-26(32)30-20-7-3-18(4-8-20)24(31)11-5-17-2-6-19(28)13-23(17)29/h2-14H,15H2,1H3,(H,30,32)/b11-5+. The van der Waals surface area contributed by atoms with Gasteiger partial charge >= 0.3 is 5.63 Å². The molecule has 1 N–H and O–H groups in total. The average molecular weight is 508 g/mol. The molecule has 35 heavy (non-hydrogen) atoms. The maximum Gasteiger partial charge on any atom is 0.336 e. The van der Waals surface area contributed by atoms with Gasteiger partial charge in [-0.05, 0) is 78.7 Å². The van der Waals surface area contributed by atoms with Crippen LogP contribution >= 0.6 is 23.2 Å². The van der Waals surface area contributed by atoms with Gasteiger partial charge < -0.3 is 14.5 Å². The van der Waals surface area contributed by atoms with E-state index in [0.717, 1.165) is 10.9 Å². The molecule has 4 rings (SSSR count). The highest BCUT2D eigenvalue weighted by atomic mass is 35.5. The van der Waals surface area contributed by atoms with Crippen molar-refractivity contribution in [3.8, 4) is 5.75 Å². The minimum Gasteiger partial charge on any atom is -0.484 e. The highest BCUT2D eigenvalue weighted by Gasteiger charge is 2.08. The van der Waals surface area contributed by atoms with Crippen molar-refractivity contribution in [2.24, 2.45) is 0 Å². The van der Waals surface area contributed by atoms with Crippen LogP contribution < -0.4 is 15.7 Å². The number of hydrogen-bond acceptors (Lipinski definition) is 5. The molecular weight excluding hydrogens is 489 g/mol. The predicted octanol–water partition coefficient (Wildman–Crippen LogP) is 6.32. The van der Waals surface area contributed by atoms with Gasteiger partial charge in [0.2, 0.25) is 0 Å². The second-order valence-corrected chi connectivity index (χ2v) is 8.53. The Morgan fingerprint density at radius 1 is 1.00 bits per heavy atom. The highest BCUT2D eigenvalue weighted by molar-refractivity contribution is 6.35. The van der Waals surface area contributed by atoms with Gasteiger partial charge in [0.1, 0.15) is 11.3 Å². The number of ether oxygens (including phenoxy) is 1. The molecular formula is C27H19Cl2NO5. The lowest BCUT2D eigenvalue weighted by Crippen LogP contribution is -2.20. The van der Waals surface area contributed by atoms with Crippen molar-refractivity contribution in [1.82, 2.24) is 0 Å². The van der Waals surface area contributed by atoms with E-state index in [2.05, 4.69) is 5.32 Å². The molecule has 0 radical (unpaired) electrons. The lowest BCUT2D eigenvalue weighted by atomic mass is 10.1. The number of aryl methyl sites for hydroxylation is 1. The van der Waals surface area contributed by atoms with Crippen LogP contribution in [-0.2, 0) is 4.79 Å².